The Hall–Kier alpha value is -4.17. The number of ether oxygens (including phenoxy) is 1. The zero-order chi connectivity index (χ0) is 25.7. The van der Waals surface area contributed by atoms with E-state index in [0.29, 0.717) is 22.2 Å². The maximum absolute atomic E-state index is 14.1. The Labute approximate surface area is 213 Å². The average molecular weight is 507 g/mol. The number of methoxy groups -OCH3 is 1. The second-order valence-corrected chi connectivity index (χ2v) is 8.31. The van der Waals surface area contributed by atoms with Crippen molar-refractivity contribution in [3.8, 4) is 22.7 Å². The Balaban J connectivity index is 1.62. The quantitative estimate of drug-likeness (QED) is 0.345. The van der Waals surface area contributed by atoms with Gasteiger partial charge < -0.3 is 9.64 Å². The van der Waals surface area contributed by atoms with Gasteiger partial charge in [0.2, 0.25) is 11.9 Å². The second kappa shape index (κ2) is 11.0. The molecule has 4 rings (SSSR count). The number of rotatable bonds is 8. The average Bonchev–Trinajstić information content (AvgIpc) is 3.31. The van der Waals surface area contributed by atoms with Crippen molar-refractivity contribution in [2.45, 2.75) is 6.92 Å². The number of hydrogen-bond acceptors (Lipinski definition) is 4. The molecule has 0 spiro atoms. The van der Waals surface area contributed by atoms with E-state index in [1.165, 1.54) is 23.1 Å². The summed E-state index contributed by atoms with van der Waals surface area (Å²) in [6.07, 6.45) is 1.79. The van der Waals surface area contributed by atoms with E-state index in [9.17, 15) is 14.0 Å². The van der Waals surface area contributed by atoms with Gasteiger partial charge in [-0.2, -0.15) is 0 Å². The lowest BCUT2D eigenvalue weighted by molar-refractivity contribution is -0.116. The topological polar surface area (TPSA) is 76.5 Å². The van der Waals surface area contributed by atoms with Crippen molar-refractivity contribution >= 4 is 29.4 Å². The van der Waals surface area contributed by atoms with E-state index in [4.69, 9.17) is 16.3 Å². The molecule has 0 fully saturated rings. The first-order chi connectivity index (χ1) is 17.4. The number of nitrogens with one attached hydrogen (secondary N) is 1. The standard InChI is InChI=1S/C27H24ClFN4O3/c1-3-32(26(35)22-9-4-5-10-23(22)29)17-25(34)31-27-30-24(18-11-13-19(28)14-12-18)16-33(27)20-7-6-8-21(15-20)36-2/h4-16H,3,17H2,1-2H3,(H,30,31,34). The Kier molecular flexibility index (Phi) is 7.65. The van der Waals surface area contributed by atoms with Crippen LogP contribution in [0.15, 0.2) is 79.0 Å². The minimum Gasteiger partial charge on any atom is -0.497 e. The van der Waals surface area contributed by atoms with E-state index in [1.807, 2.05) is 36.4 Å². The van der Waals surface area contributed by atoms with Gasteiger partial charge in [0.1, 0.15) is 18.1 Å². The van der Waals surface area contributed by atoms with Crippen LogP contribution >= 0.6 is 11.6 Å². The molecule has 0 aliphatic heterocycles. The molecule has 2 amide bonds. The van der Waals surface area contributed by atoms with Crippen LogP contribution in [0.1, 0.15) is 17.3 Å². The van der Waals surface area contributed by atoms with Crippen molar-refractivity contribution in [3.63, 3.8) is 0 Å². The van der Waals surface area contributed by atoms with E-state index >= 15 is 0 Å². The lowest BCUT2D eigenvalue weighted by Crippen LogP contribution is -2.38. The van der Waals surface area contributed by atoms with Gasteiger partial charge in [0.05, 0.1) is 24.1 Å². The molecule has 3 aromatic carbocycles. The summed E-state index contributed by atoms with van der Waals surface area (Å²) < 4.78 is 21.2. The molecule has 36 heavy (non-hydrogen) atoms. The smallest absolute Gasteiger partial charge is 0.257 e. The minimum atomic E-state index is -0.637. The van der Waals surface area contributed by atoms with Crippen molar-refractivity contribution in [1.29, 1.82) is 0 Å². The molecule has 1 aromatic heterocycles. The van der Waals surface area contributed by atoms with Crippen molar-refractivity contribution in [2.24, 2.45) is 0 Å². The van der Waals surface area contributed by atoms with Gasteiger partial charge in [-0.25, -0.2) is 9.37 Å². The molecule has 1 heterocycles. The molecule has 0 atom stereocenters. The van der Waals surface area contributed by atoms with E-state index in [0.717, 1.165) is 5.56 Å². The fourth-order valence-corrected chi connectivity index (χ4v) is 3.78. The molecule has 0 aliphatic carbocycles. The highest BCUT2D eigenvalue weighted by Gasteiger charge is 2.22. The number of nitrogens with zero attached hydrogens (tertiary/aromatic N) is 3. The van der Waals surface area contributed by atoms with E-state index < -0.39 is 17.6 Å². The third kappa shape index (κ3) is 5.55. The molecule has 0 radical (unpaired) electrons. The summed E-state index contributed by atoms with van der Waals surface area (Å²) in [4.78, 5) is 31.7. The van der Waals surface area contributed by atoms with Gasteiger partial charge >= 0.3 is 0 Å². The zero-order valence-electron chi connectivity index (χ0n) is 19.7. The lowest BCUT2D eigenvalue weighted by Gasteiger charge is -2.20. The van der Waals surface area contributed by atoms with Crippen molar-refractivity contribution in [2.75, 3.05) is 25.5 Å². The maximum Gasteiger partial charge on any atom is 0.257 e. The van der Waals surface area contributed by atoms with Crippen LogP contribution in [0, 0.1) is 5.82 Å². The molecule has 0 bridgehead atoms. The molecule has 9 heteroatoms. The van der Waals surface area contributed by atoms with Crippen LogP contribution < -0.4 is 10.1 Å². The van der Waals surface area contributed by atoms with Crippen LogP contribution in [-0.4, -0.2) is 46.5 Å². The number of aromatic nitrogens is 2. The first-order valence-electron chi connectivity index (χ1n) is 11.2. The number of carbonyl (C=O) groups is 2. The summed E-state index contributed by atoms with van der Waals surface area (Å²) in [6, 6.07) is 20.2. The molecule has 0 unspecified atom stereocenters. The largest absolute Gasteiger partial charge is 0.497 e. The third-order valence-corrected chi connectivity index (χ3v) is 5.79. The van der Waals surface area contributed by atoms with E-state index in [2.05, 4.69) is 10.3 Å². The van der Waals surface area contributed by atoms with Gasteiger partial charge in [-0.1, -0.05) is 41.9 Å². The molecular formula is C27H24ClFN4O3. The van der Waals surface area contributed by atoms with Gasteiger partial charge in [0, 0.05) is 29.4 Å². The molecule has 1 N–H and O–H groups in total. The third-order valence-electron chi connectivity index (χ3n) is 5.54. The summed E-state index contributed by atoms with van der Waals surface area (Å²) in [5, 5.41) is 3.39. The van der Waals surface area contributed by atoms with Crippen LogP contribution in [0.4, 0.5) is 10.3 Å². The number of anilines is 1. The van der Waals surface area contributed by atoms with Crippen LogP contribution in [0.5, 0.6) is 5.75 Å². The van der Waals surface area contributed by atoms with Gasteiger partial charge in [-0.15, -0.1) is 0 Å². The normalized spacial score (nSPS) is 10.7. The number of carbonyl (C=O) groups excluding carboxylic acids is 2. The summed E-state index contributed by atoms with van der Waals surface area (Å²) >= 11 is 6.02. The summed E-state index contributed by atoms with van der Waals surface area (Å²) in [5.41, 5.74) is 2.04. The molecular weight excluding hydrogens is 483 g/mol. The molecule has 7 nitrogen and oxygen atoms in total. The lowest BCUT2D eigenvalue weighted by atomic mass is 10.2. The fraction of sp³-hybridized carbons (Fsp3) is 0.148. The van der Waals surface area contributed by atoms with Crippen molar-refractivity contribution < 1.29 is 18.7 Å². The summed E-state index contributed by atoms with van der Waals surface area (Å²) in [7, 11) is 1.57. The van der Waals surface area contributed by atoms with Crippen LogP contribution in [0.2, 0.25) is 5.02 Å². The van der Waals surface area contributed by atoms with Crippen LogP contribution in [0.25, 0.3) is 16.9 Å². The Bertz CT molecular complexity index is 1390. The Morgan fingerprint density at radius 2 is 1.83 bits per heavy atom. The summed E-state index contributed by atoms with van der Waals surface area (Å²) in [6.45, 7) is 1.67. The number of amides is 2. The Morgan fingerprint density at radius 3 is 2.53 bits per heavy atom. The van der Waals surface area contributed by atoms with Crippen molar-refractivity contribution in [1.82, 2.24) is 14.5 Å². The fourth-order valence-electron chi connectivity index (χ4n) is 3.66. The van der Waals surface area contributed by atoms with Gasteiger partial charge in [-0.3, -0.25) is 19.5 Å². The monoisotopic (exact) mass is 506 g/mol. The van der Waals surface area contributed by atoms with Gasteiger partial charge in [-0.05, 0) is 43.3 Å². The number of likely N-dealkylation sites (N-methyl/N-ethyl adjacent to an activating group) is 1. The van der Waals surface area contributed by atoms with Crippen LogP contribution in [-0.2, 0) is 4.79 Å². The first kappa shape index (κ1) is 24.9. The van der Waals surface area contributed by atoms with Crippen LogP contribution in [0.3, 0.4) is 0 Å². The minimum absolute atomic E-state index is 0.0879. The maximum atomic E-state index is 14.1. The highest BCUT2D eigenvalue weighted by Crippen LogP contribution is 2.27. The number of benzene rings is 3. The molecule has 0 aliphatic rings. The molecule has 4 aromatic rings. The number of hydrogen-bond donors (Lipinski definition) is 1. The van der Waals surface area contributed by atoms with Gasteiger partial charge in [0.15, 0.2) is 0 Å². The highest BCUT2D eigenvalue weighted by atomic mass is 35.5. The molecule has 0 saturated heterocycles. The Morgan fingerprint density at radius 1 is 1.08 bits per heavy atom. The highest BCUT2D eigenvalue weighted by molar-refractivity contribution is 6.30. The zero-order valence-corrected chi connectivity index (χ0v) is 20.5. The predicted octanol–water partition coefficient (Wildman–Crippen LogP) is 5.44. The SMILES string of the molecule is CCN(CC(=O)Nc1nc(-c2ccc(Cl)cc2)cn1-c1cccc(OC)c1)C(=O)c1ccccc1F. The second-order valence-electron chi connectivity index (χ2n) is 7.88. The van der Waals surface area contributed by atoms with E-state index in [-0.39, 0.29) is 24.6 Å². The molecule has 184 valence electrons. The first-order valence-corrected chi connectivity index (χ1v) is 11.6. The summed E-state index contributed by atoms with van der Waals surface area (Å²) in [5.74, 6) is -0.781. The predicted molar refractivity (Wildman–Crippen MR) is 137 cm³/mol. The van der Waals surface area contributed by atoms with E-state index in [1.54, 1.807) is 43.0 Å². The number of imidazole rings is 1. The number of halogens is 2. The molecule has 0 saturated carbocycles. The van der Waals surface area contributed by atoms with Gasteiger partial charge in [0.25, 0.3) is 5.91 Å². The van der Waals surface area contributed by atoms with Crippen molar-refractivity contribution in [3.05, 3.63) is 95.4 Å².